The largest absolute Gasteiger partial charge is 0.514 e. The maximum atomic E-state index is 11.1. The van der Waals surface area contributed by atoms with Crippen LogP contribution in [0.5, 0.6) is 5.75 Å². The molecule has 0 radical (unpaired) electrons. The summed E-state index contributed by atoms with van der Waals surface area (Å²) in [5, 5.41) is 15.1. The van der Waals surface area contributed by atoms with Crippen LogP contribution in [-0.2, 0) is 10.0 Å². The van der Waals surface area contributed by atoms with Crippen LogP contribution in [0.1, 0.15) is 0 Å². The van der Waals surface area contributed by atoms with Gasteiger partial charge in [-0.15, -0.1) is 11.3 Å². The van der Waals surface area contributed by atoms with E-state index in [-0.39, 0.29) is 10.1 Å². The topological polar surface area (TPSA) is 122 Å². The van der Waals surface area contributed by atoms with Gasteiger partial charge in [0.1, 0.15) is 0 Å². The molecule has 0 aliphatic rings. The van der Waals surface area contributed by atoms with E-state index >= 15 is 0 Å². The molecule has 0 saturated carbocycles. The first-order valence-electron chi connectivity index (χ1n) is 4.18. The summed E-state index contributed by atoms with van der Waals surface area (Å²) in [6.07, 6.45) is -1.69. The molecule has 0 aliphatic carbocycles. The smallest absolute Gasteiger partial charge is 0.265 e. The predicted octanol–water partition coefficient (Wildman–Crippen LogP) is -0.334. The van der Waals surface area contributed by atoms with Gasteiger partial charge in [0.05, 0.1) is 16.0 Å². The normalized spacial score (nSPS) is 11.6. The second-order valence-corrected chi connectivity index (χ2v) is 5.77. The van der Waals surface area contributed by atoms with E-state index in [1.807, 2.05) is 0 Å². The summed E-state index contributed by atoms with van der Waals surface area (Å²) in [7, 11) is -3.86. The lowest BCUT2D eigenvalue weighted by Gasteiger charge is -2.06. The highest BCUT2D eigenvalue weighted by atomic mass is 32.2. The molecule has 0 atom stereocenters. The molecular formula is C8H5N2O5S2-. The summed E-state index contributed by atoms with van der Waals surface area (Å²) in [4.78, 5) is 14.0. The van der Waals surface area contributed by atoms with Crippen LogP contribution in [0.15, 0.2) is 22.5 Å². The maximum absolute atomic E-state index is 11.1. The van der Waals surface area contributed by atoms with Crippen molar-refractivity contribution in [2.75, 3.05) is 0 Å². The van der Waals surface area contributed by atoms with Crippen molar-refractivity contribution < 1.29 is 23.1 Å². The number of rotatable bonds is 2. The quantitative estimate of drug-likeness (QED) is 0.590. The van der Waals surface area contributed by atoms with Gasteiger partial charge in [0.2, 0.25) is 4.34 Å². The number of thiazole rings is 1. The molecule has 9 heteroatoms. The van der Waals surface area contributed by atoms with E-state index in [2.05, 4.69) is 9.72 Å². The molecule has 0 saturated heterocycles. The van der Waals surface area contributed by atoms with Gasteiger partial charge in [-0.2, -0.15) is 0 Å². The van der Waals surface area contributed by atoms with Crippen molar-refractivity contribution in [1.29, 1.82) is 0 Å². The fourth-order valence-electron chi connectivity index (χ4n) is 1.17. The van der Waals surface area contributed by atoms with Crippen LogP contribution in [-0.4, -0.2) is 19.6 Å². The third kappa shape index (κ3) is 2.52. The number of carbonyl (C=O) groups is 1. The summed E-state index contributed by atoms with van der Waals surface area (Å²) >= 11 is 0.828. The van der Waals surface area contributed by atoms with Gasteiger partial charge in [-0.3, -0.25) is 0 Å². The van der Waals surface area contributed by atoms with Crippen LogP contribution in [0.3, 0.4) is 0 Å². The molecule has 1 aromatic heterocycles. The van der Waals surface area contributed by atoms with Gasteiger partial charge < -0.3 is 14.6 Å². The Morgan fingerprint density at radius 2 is 2.18 bits per heavy atom. The Morgan fingerprint density at radius 3 is 2.76 bits per heavy atom. The molecule has 2 aromatic rings. The number of carbonyl (C=O) groups excluding carboxylic acids is 1. The van der Waals surface area contributed by atoms with Crippen molar-refractivity contribution in [2.45, 2.75) is 4.34 Å². The molecule has 7 nitrogen and oxygen atoms in total. The molecule has 17 heavy (non-hydrogen) atoms. The molecular weight excluding hydrogens is 268 g/mol. The average Bonchev–Trinajstić information content (AvgIpc) is 2.58. The molecule has 2 rings (SSSR count). The number of carboxylic acid groups (broad SMARTS) is 1. The van der Waals surface area contributed by atoms with Crippen molar-refractivity contribution in [3.8, 4) is 5.75 Å². The van der Waals surface area contributed by atoms with E-state index in [9.17, 15) is 18.3 Å². The second-order valence-electron chi connectivity index (χ2n) is 3.01. The summed E-state index contributed by atoms with van der Waals surface area (Å²) in [5.74, 6) is 0.0297. The Bertz CT molecular complexity index is 691. The number of primary sulfonamides is 1. The molecule has 0 amide bonds. The van der Waals surface area contributed by atoms with Gasteiger partial charge in [-0.1, -0.05) is 0 Å². The Morgan fingerprint density at radius 1 is 1.47 bits per heavy atom. The fraction of sp³-hybridized carbons (Fsp3) is 0. The van der Waals surface area contributed by atoms with Crippen LogP contribution in [0, 0.1) is 0 Å². The maximum Gasteiger partial charge on any atom is 0.265 e. The highest BCUT2D eigenvalue weighted by Crippen LogP contribution is 2.28. The Hall–Kier alpha value is -1.71. The number of hydrogen-bond donors (Lipinski definition) is 1. The van der Waals surface area contributed by atoms with E-state index in [0.717, 1.165) is 11.3 Å². The lowest BCUT2D eigenvalue weighted by molar-refractivity contribution is -0.271. The number of aromatic nitrogens is 1. The summed E-state index contributed by atoms with van der Waals surface area (Å²) < 4.78 is 26.6. The van der Waals surface area contributed by atoms with E-state index in [0.29, 0.717) is 10.2 Å². The number of nitrogens with two attached hydrogens (primary N) is 1. The summed E-state index contributed by atoms with van der Waals surface area (Å²) in [5.41, 5.74) is 0.393. The van der Waals surface area contributed by atoms with Gasteiger partial charge in [0.25, 0.3) is 16.2 Å². The number of sulfonamides is 1. The molecule has 0 bridgehead atoms. The van der Waals surface area contributed by atoms with Crippen LogP contribution >= 0.6 is 11.3 Å². The van der Waals surface area contributed by atoms with Crippen molar-refractivity contribution in [2.24, 2.45) is 5.14 Å². The third-order valence-corrected chi connectivity index (χ3v) is 4.12. The zero-order chi connectivity index (χ0) is 12.6. The third-order valence-electron chi connectivity index (χ3n) is 1.78. The summed E-state index contributed by atoms with van der Waals surface area (Å²) in [6.45, 7) is 0. The second kappa shape index (κ2) is 3.95. The Balaban J connectivity index is 2.52. The van der Waals surface area contributed by atoms with E-state index in [4.69, 9.17) is 5.14 Å². The first-order valence-corrected chi connectivity index (χ1v) is 6.55. The van der Waals surface area contributed by atoms with Crippen molar-refractivity contribution in [3.63, 3.8) is 0 Å². The van der Waals surface area contributed by atoms with Crippen molar-refractivity contribution in [3.05, 3.63) is 18.2 Å². The standard InChI is InChI=1S/C8H6N2O5S2/c9-17(13,14)7-10-5-2-1-4(15-8(11)12)3-6(5)16-7/h1-3H,(H,11,12)(H2,9,13,14)/p-1. The minimum atomic E-state index is -3.86. The predicted molar refractivity (Wildman–Crippen MR) is 57.0 cm³/mol. The minimum absolute atomic E-state index is 0.0297. The van der Waals surface area contributed by atoms with Crippen LogP contribution in [0.4, 0.5) is 4.79 Å². The molecule has 0 fully saturated rings. The highest BCUT2D eigenvalue weighted by molar-refractivity contribution is 7.91. The number of ether oxygens (including phenoxy) is 1. The lowest BCUT2D eigenvalue weighted by Crippen LogP contribution is -2.26. The van der Waals surface area contributed by atoms with Crippen LogP contribution in [0.2, 0.25) is 0 Å². The molecule has 0 aliphatic heterocycles. The number of benzene rings is 1. The van der Waals surface area contributed by atoms with Gasteiger partial charge in [-0.25, -0.2) is 18.5 Å². The Kier molecular flexibility index (Phi) is 2.73. The monoisotopic (exact) mass is 273 g/mol. The van der Waals surface area contributed by atoms with Gasteiger partial charge in [0, 0.05) is 0 Å². The molecule has 1 aromatic carbocycles. The van der Waals surface area contributed by atoms with E-state index in [1.165, 1.54) is 18.2 Å². The molecule has 0 unspecified atom stereocenters. The molecule has 2 N–H and O–H groups in total. The van der Waals surface area contributed by atoms with Crippen molar-refractivity contribution in [1.82, 2.24) is 4.98 Å². The fourth-order valence-corrected chi connectivity index (χ4v) is 2.85. The summed E-state index contributed by atoms with van der Waals surface area (Å²) in [6, 6.07) is 4.11. The lowest BCUT2D eigenvalue weighted by atomic mass is 10.3. The number of nitrogens with zero attached hydrogens (tertiary/aromatic N) is 1. The zero-order valence-electron chi connectivity index (χ0n) is 8.11. The minimum Gasteiger partial charge on any atom is -0.514 e. The van der Waals surface area contributed by atoms with E-state index in [1.54, 1.807) is 0 Å². The first-order chi connectivity index (χ1) is 7.86. The Labute approximate surface area is 99.5 Å². The zero-order valence-corrected chi connectivity index (χ0v) is 9.75. The number of fused-ring (bicyclic) bond motifs is 1. The van der Waals surface area contributed by atoms with Gasteiger partial charge >= 0.3 is 0 Å². The van der Waals surface area contributed by atoms with Gasteiger partial charge in [0.15, 0.2) is 0 Å². The van der Waals surface area contributed by atoms with Crippen LogP contribution < -0.4 is 15.0 Å². The van der Waals surface area contributed by atoms with Gasteiger partial charge in [-0.05, 0) is 18.2 Å². The molecule has 1 heterocycles. The first kappa shape index (κ1) is 11.8. The average molecular weight is 273 g/mol. The van der Waals surface area contributed by atoms with Crippen LogP contribution in [0.25, 0.3) is 10.2 Å². The SMILES string of the molecule is NS(=O)(=O)c1nc2ccc(OC(=O)[O-])cc2s1. The molecule has 0 spiro atoms. The van der Waals surface area contributed by atoms with E-state index < -0.39 is 16.2 Å². The molecule has 90 valence electrons. The highest BCUT2D eigenvalue weighted by Gasteiger charge is 2.14. The van der Waals surface area contributed by atoms with Crippen molar-refractivity contribution >= 4 is 37.7 Å². The number of hydrogen-bond acceptors (Lipinski definition) is 7.